The summed E-state index contributed by atoms with van der Waals surface area (Å²) in [4.78, 5) is 18.3. The van der Waals surface area contributed by atoms with E-state index in [2.05, 4.69) is 4.98 Å². The largest absolute Gasteiger partial charge is 0.488 e. The lowest BCUT2D eigenvalue weighted by atomic mass is 10.0. The SMILES string of the molecule is Cc1cnc(N2c3cccc(C(N)=O)c3OC[C@@H]2CO)cc1-c1ccc(Cl)c(Cl)c1. The molecular weight excluding hydrogens is 425 g/mol. The van der Waals surface area contributed by atoms with Crippen molar-refractivity contribution in [3.63, 3.8) is 0 Å². The Morgan fingerprint density at radius 3 is 2.77 bits per heavy atom. The minimum Gasteiger partial charge on any atom is -0.488 e. The number of halogens is 2. The van der Waals surface area contributed by atoms with E-state index in [0.29, 0.717) is 27.3 Å². The van der Waals surface area contributed by atoms with Gasteiger partial charge in [-0.3, -0.25) is 4.79 Å². The Labute approximate surface area is 183 Å². The van der Waals surface area contributed by atoms with Crippen LogP contribution in [0.15, 0.2) is 48.7 Å². The lowest BCUT2D eigenvalue weighted by Crippen LogP contribution is -2.43. The summed E-state index contributed by atoms with van der Waals surface area (Å²) in [7, 11) is 0. The molecule has 1 atom stereocenters. The molecule has 4 rings (SSSR count). The van der Waals surface area contributed by atoms with Gasteiger partial charge in [-0.25, -0.2) is 4.98 Å². The summed E-state index contributed by atoms with van der Waals surface area (Å²) in [6.07, 6.45) is 1.76. The molecule has 0 fully saturated rings. The lowest BCUT2D eigenvalue weighted by molar-refractivity contribution is 0.0994. The van der Waals surface area contributed by atoms with Gasteiger partial charge < -0.3 is 20.5 Å². The topological polar surface area (TPSA) is 88.7 Å². The number of carbonyl (C=O) groups excluding carboxylic acids is 1. The first-order valence-electron chi connectivity index (χ1n) is 9.28. The molecule has 0 aliphatic carbocycles. The van der Waals surface area contributed by atoms with Crippen molar-refractivity contribution in [2.45, 2.75) is 13.0 Å². The molecule has 1 amide bonds. The number of aliphatic hydroxyl groups is 1. The number of anilines is 2. The normalized spacial score (nSPS) is 15.5. The number of hydrogen-bond donors (Lipinski definition) is 2. The number of pyridine rings is 1. The van der Waals surface area contributed by atoms with Crippen molar-refractivity contribution in [2.75, 3.05) is 18.1 Å². The summed E-state index contributed by atoms with van der Waals surface area (Å²) in [5, 5.41) is 10.9. The van der Waals surface area contributed by atoms with Crippen molar-refractivity contribution in [1.29, 1.82) is 0 Å². The van der Waals surface area contributed by atoms with Gasteiger partial charge in [0.15, 0.2) is 5.75 Å². The molecule has 8 heteroatoms. The molecule has 3 N–H and O–H groups in total. The highest BCUT2D eigenvalue weighted by Gasteiger charge is 2.32. The molecule has 1 aliphatic heterocycles. The number of aliphatic hydroxyl groups excluding tert-OH is 1. The van der Waals surface area contributed by atoms with E-state index in [4.69, 9.17) is 33.7 Å². The van der Waals surface area contributed by atoms with E-state index in [1.807, 2.05) is 30.0 Å². The average molecular weight is 444 g/mol. The Balaban J connectivity index is 1.87. The van der Waals surface area contributed by atoms with Gasteiger partial charge in [-0.2, -0.15) is 0 Å². The minimum absolute atomic E-state index is 0.155. The first kappa shape index (κ1) is 20.5. The van der Waals surface area contributed by atoms with Crippen molar-refractivity contribution >= 4 is 40.6 Å². The Morgan fingerprint density at radius 1 is 1.27 bits per heavy atom. The quantitative estimate of drug-likeness (QED) is 0.625. The van der Waals surface area contributed by atoms with E-state index in [9.17, 15) is 9.90 Å². The molecule has 0 spiro atoms. The van der Waals surface area contributed by atoms with Gasteiger partial charge in [-0.15, -0.1) is 0 Å². The highest BCUT2D eigenvalue weighted by Crippen LogP contribution is 2.42. The number of carbonyl (C=O) groups is 1. The van der Waals surface area contributed by atoms with E-state index in [0.717, 1.165) is 16.7 Å². The number of para-hydroxylation sites is 1. The maximum absolute atomic E-state index is 11.8. The van der Waals surface area contributed by atoms with Crippen LogP contribution < -0.4 is 15.4 Å². The number of ether oxygens (including phenoxy) is 1. The van der Waals surface area contributed by atoms with Gasteiger partial charge in [0.1, 0.15) is 12.4 Å². The second kappa shape index (κ2) is 8.14. The van der Waals surface area contributed by atoms with Crippen LogP contribution in [0.4, 0.5) is 11.5 Å². The van der Waals surface area contributed by atoms with Crippen LogP contribution in [0, 0.1) is 6.92 Å². The smallest absolute Gasteiger partial charge is 0.252 e. The molecule has 0 radical (unpaired) electrons. The van der Waals surface area contributed by atoms with Crippen LogP contribution in [0.2, 0.25) is 10.0 Å². The third-order valence-electron chi connectivity index (χ3n) is 5.08. The number of nitrogens with two attached hydrogens (primary N) is 1. The maximum Gasteiger partial charge on any atom is 0.252 e. The summed E-state index contributed by atoms with van der Waals surface area (Å²) >= 11 is 12.3. The number of fused-ring (bicyclic) bond motifs is 1. The molecule has 0 unspecified atom stereocenters. The zero-order chi connectivity index (χ0) is 21.4. The van der Waals surface area contributed by atoms with Gasteiger partial charge in [0, 0.05) is 6.20 Å². The summed E-state index contributed by atoms with van der Waals surface area (Å²) in [5.41, 5.74) is 9.19. The molecule has 0 saturated carbocycles. The highest BCUT2D eigenvalue weighted by atomic mass is 35.5. The fourth-order valence-corrected chi connectivity index (χ4v) is 3.87. The summed E-state index contributed by atoms with van der Waals surface area (Å²) < 4.78 is 5.78. The predicted octanol–water partition coefficient (Wildman–Crippen LogP) is 4.35. The van der Waals surface area contributed by atoms with Crippen LogP contribution in [-0.2, 0) is 0 Å². The molecule has 2 heterocycles. The summed E-state index contributed by atoms with van der Waals surface area (Å²) in [6, 6.07) is 12.1. The molecule has 1 aliphatic rings. The van der Waals surface area contributed by atoms with E-state index < -0.39 is 5.91 Å². The highest BCUT2D eigenvalue weighted by molar-refractivity contribution is 6.42. The van der Waals surface area contributed by atoms with Crippen molar-refractivity contribution in [1.82, 2.24) is 4.98 Å². The van der Waals surface area contributed by atoms with E-state index >= 15 is 0 Å². The number of aryl methyl sites for hydroxylation is 1. The third kappa shape index (κ3) is 3.58. The number of hydrogen-bond acceptors (Lipinski definition) is 5. The Morgan fingerprint density at radius 2 is 2.07 bits per heavy atom. The Hall–Kier alpha value is -2.80. The second-order valence-electron chi connectivity index (χ2n) is 7.02. The summed E-state index contributed by atoms with van der Waals surface area (Å²) in [6.45, 7) is 1.99. The third-order valence-corrected chi connectivity index (χ3v) is 5.82. The standard InChI is InChI=1S/C22H19Cl2N3O3/c1-12-9-26-20(8-16(12)13-5-6-17(23)18(24)7-13)27-14(10-28)11-30-21-15(22(25)29)3-2-4-19(21)27/h2-9,14,28H,10-11H2,1H3,(H2,25,29)/t14-/m0/s1. The van der Waals surface area contributed by atoms with E-state index in [1.165, 1.54) is 0 Å². The van der Waals surface area contributed by atoms with Crippen LogP contribution in [0.25, 0.3) is 11.1 Å². The predicted molar refractivity (Wildman–Crippen MR) is 118 cm³/mol. The number of nitrogens with zero attached hydrogens (tertiary/aromatic N) is 2. The van der Waals surface area contributed by atoms with Gasteiger partial charge in [-0.05, 0) is 53.9 Å². The zero-order valence-corrected chi connectivity index (χ0v) is 17.6. The number of benzene rings is 2. The molecule has 154 valence electrons. The van der Waals surface area contributed by atoms with Crippen molar-refractivity contribution in [3.05, 3.63) is 69.8 Å². The van der Waals surface area contributed by atoms with Gasteiger partial charge in [0.25, 0.3) is 5.91 Å². The van der Waals surface area contributed by atoms with Crippen LogP contribution >= 0.6 is 23.2 Å². The lowest BCUT2D eigenvalue weighted by Gasteiger charge is -2.37. The van der Waals surface area contributed by atoms with Crippen molar-refractivity contribution in [3.8, 4) is 16.9 Å². The van der Waals surface area contributed by atoms with Crippen LogP contribution in [0.5, 0.6) is 5.75 Å². The zero-order valence-electron chi connectivity index (χ0n) is 16.1. The first-order chi connectivity index (χ1) is 14.4. The Bertz CT molecular complexity index is 1140. The molecule has 0 bridgehead atoms. The Kier molecular flexibility index (Phi) is 5.56. The van der Waals surface area contributed by atoms with E-state index in [-0.39, 0.29) is 24.8 Å². The van der Waals surface area contributed by atoms with Gasteiger partial charge >= 0.3 is 0 Å². The fourth-order valence-electron chi connectivity index (χ4n) is 3.57. The molecule has 2 aromatic carbocycles. The minimum atomic E-state index is -0.581. The van der Waals surface area contributed by atoms with Crippen LogP contribution in [0.1, 0.15) is 15.9 Å². The van der Waals surface area contributed by atoms with Crippen molar-refractivity contribution < 1.29 is 14.6 Å². The second-order valence-corrected chi connectivity index (χ2v) is 7.84. The molecule has 30 heavy (non-hydrogen) atoms. The van der Waals surface area contributed by atoms with Crippen molar-refractivity contribution in [2.24, 2.45) is 5.73 Å². The molecule has 1 aromatic heterocycles. The van der Waals surface area contributed by atoms with Gasteiger partial charge in [-0.1, -0.05) is 35.3 Å². The number of primary amides is 1. The van der Waals surface area contributed by atoms with Crippen LogP contribution in [-0.4, -0.2) is 35.3 Å². The molecular formula is C22H19Cl2N3O3. The monoisotopic (exact) mass is 443 g/mol. The first-order valence-corrected chi connectivity index (χ1v) is 10.0. The number of amides is 1. The van der Waals surface area contributed by atoms with Gasteiger partial charge in [0.05, 0.1) is 33.9 Å². The molecule has 0 saturated heterocycles. The number of rotatable bonds is 4. The fraction of sp³-hybridized carbons (Fsp3) is 0.182. The summed E-state index contributed by atoms with van der Waals surface area (Å²) in [5.74, 6) is 0.405. The average Bonchev–Trinajstić information content (AvgIpc) is 2.74. The van der Waals surface area contributed by atoms with Crippen LogP contribution in [0.3, 0.4) is 0 Å². The molecule has 6 nitrogen and oxygen atoms in total. The number of aromatic nitrogens is 1. The molecule has 3 aromatic rings. The van der Waals surface area contributed by atoms with E-state index in [1.54, 1.807) is 30.5 Å². The van der Waals surface area contributed by atoms with Gasteiger partial charge in [0.2, 0.25) is 0 Å². The maximum atomic E-state index is 11.8.